The summed E-state index contributed by atoms with van der Waals surface area (Å²) in [6.07, 6.45) is 5.84. The monoisotopic (exact) mass is 496 g/mol. The van der Waals surface area contributed by atoms with Crippen molar-refractivity contribution in [2.24, 2.45) is 0 Å². The first-order valence-corrected chi connectivity index (χ1v) is 11.2. The van der Waals surface area contributed by atoms with Gasteiger partial charge in [0.2, 0.25) is 0 Å². The lowest BCUT2D eigenvalue weighted by atomic mass is 10.0. The number of hydrogen-bond donors (Lipinski definition) is 2. The molecule has 0 saturated carbocycles. The maximum atomic E-state index is 14.2. The van der Waals surface area contributed by atoms with Crippen LogP contribution in [0.4, 0.5) is 13.6 Å². The van der Waals surface area contributed by atoms with Crippen LogP contribution in [0.5, 0.6) is 5.75 Å². The molecular formula is C25H22F2N4O5. The van der Waals surface area contributed by atoms with Crippen molar-refractivity contribution in [1.82, 2.24) is 15.2 Å². The predicted molar refractivity (Wildman–Crippen MR) is 122 cm³/mol. The summed E-state index contributed by atoms with van der Waals surface area (Å²) in [5.41, 5.74) is -0.0256. The highest BCUT2D eigenvalue weighted by atomic mass is 19.1. The van der Waals surface area contributed by atoms with E-state index in [9.17, 15) is 23.5 Å². The highest BCUT2D eigenvalue weighted by Gasteiger charge is 2.34. The normalized spacial score (nSPS) is 16.3. The van der Waals surface area contributed by atoms with Gasteiger partial charge in [-0.2, -0.15) is 5.26 Å². The number of amides is 2. The van der Waals surface area contributed by atoms with E-state index < -0.39 is 17.5 Å². The van der Waals surface area contributed by atoms with Crippen molar-refractivity contribution < 1.29 is 32.6 Å². The first-order valence-electron chi connectivity index (χ1n) is 11.2. The van der Waals surface area contributed by atoms with Crippen molar-refractivity contribution >= 4 is 12.0 Å². The molecule has 1 unspecified atom stereocenters. The molecule has 3 aromatic rings. The molecule has 9 nitrogen and oxygen atoms in total. The Hall–Kier alpha value is -4.46. The number of cyclic esters (lactones) is 1. The third kappa shape index (κ3) is 5.43. The van der Waals surface area contributed by atoms with Crippen molar-refractivity contribution in [2.45, 2.75) is 31.8 Å². The standard InChI is InChI=1S/C18H11F2N3O3.C7H11NO2/c19-14-3-10(1-2-11(14)6-21)7-23-18(25)12-5-16(24)13(4-15(12)20)17-8-22-9-26-17;9-7-8-4-2-1-3-6(8)5-10-7/h1-5,8-9,24H,7H2,(H,23,25);6H,1-5H2. The molecule has 5 rings (SSSR count). The molecular weight excluding hydrogens is 474 g/mol. The number of benzene rings is 2. The van der Waals surface area contributed by atoms with Crippen LogP contribution in [0.15, 0.2) is 47.3 Å². The van der Waals surface area contributed by atoms with Crippen molar-refractivity contribution in [3.8, 4) is 23.1 Å². The van der Waals surface area contributed by atoms with Crippen molar-refractivity contribution in [3.05, 3.63) is 71.2 Å². The number of oxazole rings is 1. The molecule has 0 aliphatic carbocycles. The summed E-state index contributed by atoms with van der Waals surface area (Å²) in [4.78, 5) is 28.6. The van der Waals surface area contributed by atoms with Crippen LogP contribution in [-0.4, -0.2) is 46.2 Å². The largest absolute Gasteiger partial charge is 0.507 e. The second kappa shape index (κ2) is 10.9. The van der Waals surface area contributed by atoms with Gasteiger partial charge in [-0.3, -0.25) is 4.79 Å². The lowest BCUT2D eigenvalue weighted by molar-refractivity contribution is 0.0946. The number of piperidine rings is 1. The molecule has 0 spiro atoms. The van der Waals surface area contributed by atoms with Gasteiger partial charge >= 0.3 is 6.09 Å². The third-order valence-electron chi connectivity index (χ3n) is 5.90. The molecule has 3 heterocycles. The Kier molecular flexibility index (Phi) is 7.44. The van der Waals surface area contributed by atoms with E-state index in [2.05, 4.69) is 10.3 Å². The highest BCUT2D eigenvalue weighted by molar-refractivity contribution is 5.95. The van der Waals surface area contributed by atoms with Gasteiger partial charge in [-0.1, -0.05) is 6.07 Å². The molecule has 2 aliphatic heterocycles. The molecule has 186 valence electrons. The van der Waals surface area contributed by atoms with E-state index in [1.165, 1.54) is 24.8 Å². The van der Waals surface area contributed by atoms with E-state index in [0.717, 1.165) is 44.0 Å². The van der Waals surface area contributed by atoms with Crippen molar-refractivity contribution in [1.29, 1.82) is 5.26 Å². The van der Waals surface area contributed by atoms with Crippen LogP contribution in [0.2, 0.25) is 0 Å². The number of nitrogens with zero attached hydrogens (tertiary/aromatic N) is 3. The summed E-state index contributed by atoms with van der Waals surface area (Å²) in [6, 6.07) is 7.91. The number of phenolic OH excluding ortho intramolecular Hbond substituents is 1. The van der Waals surface area contributed by atoms with Crippen LogP contribution in [0.3, 0.4) is 0 Å². The number of phenols is 1. The summed E-state index contributed by atoms with van der Waals surface area (Å²) in [5, 5.41) is 21.1. The van der Waals surface area contributed by atoms with Gasteiger partial charge in [0.25, 0.3) is 5.91 Å². The van der Waals surface area contributed by atoms with E-state index in [1.807, 2.05) is 4.90 Å². The molecule has 0 radical (unpaired) electrons. The van der Waals surface area contributed by atoms with Gasteiger partial charge < -0.3 is 24.5 Å². The number of nitrogens with one attached hydrogen (secondary N) is 1. The van der Waals surface area contributed by atoms with Gasteiger partial charge in [-0.25, -0.2) is 18.6 Å². The number of aromatic nitrogens is 1. The van der Waals surface area contributed by atoms with Gasteiger partial charge in [-0.05, 0) is 49.1 Å². The van der Waals surface area contributed by atoms with E-state index in [0.29, 0.717) is 18.2 Å². The minimum Gasteiger partial charge on any atom is -0.507 e. The van der Waals surface area contributed by atoms with Crippen molar-refractivity contribution in [2.75, 3.05) is 13.2 Å². The number of carbonyl (C=O) groups excluding carboxylic acids is 2. The second-order valence-corrected chi connectivity index (χ2v) is 8.24. The fourth-order valence-corrected chi connectivity index (χ4v) is 3.98. The molecule has 2 N–H and O–H groups in total. The van der Waals surface area contributed by atoms with Gasteiger partial charge in [0.05, 0.1) is 28.9 Å². The van der Waals surface area contributed by atoms with Crippen LogP contribution in [0, 0.1) is 23.0 Å². The zero-order valence-electron chi connectivity index (χ0n) is 19.0. The molecule has 2 amide bonds. The van der Waals surface area contributed by atoms with E-state index >= 15 is 0 Å². The number of aromatic hydroxyl groups is 1. The fraction of sp³-hybridized carbons (Fsp3) is 0.280. The molecule has 0 bridgehead atoms. The molecule has 2 aromatic carbocycles. The predicted octanol–water partition coefficient (Wildman–Crippen LogP) is 4.12. The Morgan fingerprint density at radius 1 is 1.25 bits per heavy atom. The lowest BCUT2D eigenvalue weighted by Crippen LogP contribution is -2.37. The number of ether oxygens (including phenoxy) is 1. The number of carbonyl (C=O) groups is 2. The average molecular weight is 496 g/mol. The minimum absolute atomic E-state index is 0.0608. The Labute approximate surface area is 204 Å². The highest BCUT2D eigenvalue weighted by Crippen LogP contribution is 2.31. The number of fused-ring (bicyclic) bond motifs is 1. The van der Waals surface area contributed by atoms with Crippen LogP contribution in [-0.2, 0) is 11.3 Å². The molecule has 1 atom stereocenters. The first kappa shape index (κ1) is 24.7. The second-order valence-electron chi connectivity index (χ2n) is 8.24. The van der Waals surface area contributed by atoms with Gasteiger partial charge in [0.1, 0.15) is 30.1 Å². The Bertz CT molecular complexity index is 1310. The van der Waals surface area contributed by atoms with E-state index in [-0.39, 0.29) is 40.8 Å². The lowest BCUT2D eigenvalue weighted by Gasteiger charge is -2.25. The number of rotatable bonds is 4. The average Bonchev–Trinajstić information content (AvgIpc) is 3.55. The topological polar surface area (TPSA) is 129 Å². The quantitative estimate of drug-likeness (QED) is 0.556. The molecule has 11 heteroatoms. The van der Waals surface area contributed by atoms with Crippen LogP contribution in [0.25, 0.3) is 11.3 Å². The molecule has 2 aliphatic rings. The zero-order chi connectivity index (χ0) is 25.7. The Morgan fingerprint density at radius 2 is 2.08 bits per heavy atom. The third-order valence-corrected chi connectivity index (χ3v) is 5.90. The number of nitriles is 1. The summed E-state index contributed by atoms with van der Waals surface area (Å²) in [5.74, 6) is -2.55. The summed E-state index contributed by atoms with van der Waals surface area (Å²) < 4.78 is 37.7. The van der Waals surface area contributed by atoms with Crippen LogP contribution in [0.1, 0.15) is 40.7 Å². The molecule has 1 aromatic heterocycles. The van der Waals surface area contributed by atoms with Crippen LogP contribution >= 0.6 is 0 Å². The van der Waals surface area contributed by atoms with Gasteiger partial charge in [-0.15, -0.1) is 0 Å². The van der Waals surface area contributed by atoms with Gasteiger partial charge in [0, 0.05) is 13.1 Å². The Balaban J connectivity index is 0.000000251. The Morgan fingerprint density at radius 3 is 2.78 bits per heavy atom. The zero-order valence-corrected chi connectivity index (χ0v) is 19.0. The summed E-state index contributed by atoms with van der Waals surface area (Å²) >= 11 is 0. The summed E-state index contributed by atoms with van der Waals surface area (Å²) in [6.45, 7) is 1.45. The first-order chi connectivity index (χ1) is 17.4. The maximum Gasteiger partial charge on any atom is 0.410 e. The molecule has 36 heavy (non-hydrogen) atoms. The number of halogens is 2. The molecule has 2 saturated heterocycles. The maximum absolute atomic E-state index is 14.2. The van der Waals surface area contributed by atoms with Gasteiger partial charge in [0.15, 0.2) is 12.2 Å². The van der Waals surface area contributed by atoms with Crippen molar-refractivity contribution in [3.63, 3.8) is 0 Å². The SMILES string of the molecule is N#Cc1ccc(CNC(=O)c2cc(O)c(-c3cnco3)cc2F)cc1F.O=C1OCC2CCCCN12. The van der Waals surface area contributed by atoms with Crippen LogP contribution < -0.4 is 5.32 Å². The fourth-order valence-electron chi connectivity index (χ4n) is 3.98. The molecule has 2 fully saturated rings. The van der Waals surface area contributed by atoms with E-state index in [4.69, 9.17) is 14.4 Å². The minimum atomic E-state index is -0.863. The smallest absolute Gasteiger partial charge is 0.410 e. The van der Waals surface area contributed by atoms with E-state index in [1.54, 1.807) is 6.07 Å². The number of hydrogen-bond acceptors (Lipinski definition) is 7. The summed E-state index contributed by atoms with van der Waals surface area (Å²) in [7, 11) is 0.